The SMILES string of the molecule is COc1c(F)cccc1C(=O)NC1CN2CCC1CC2. The van der Waals surface area contributed by atoms with Crippen molar-refractivity contribution in [3.05, 3.63) is 29.6 Å². The van der Waals surface area contributed by atoms with Gasteiger partial charge >= 0.3 is 0 Å². The number of halogens is 1. The van der Waals surface area contributed by atoms with Crippen LogP contribution in [0.2, 0.25) is 0 Å². The van der Waals surface area contributed by atoms with Gasteiger partial charge < -0.3 is 15.0 Å². The zero-order chi connectivity index (χ0) is 14.1. The molecule has 3 fully saturated rings. The maximum atomic E-state index is 13.6. The van der Waals surface area contributed by atoms with Crippen molar-refractivity contribution in [1.29, 1.82) is 0 Å². The lowest BCUT2D eigenvalue weighted by Gasteiger charge is -2.44. The molecule has 0 aliphatic carbocycles. The lowest BCUT2D eigenvalue weighted by Crippen LogP contribution is -2.57. The van der Waals surface area contributed by atoms with Gasteiger partial charge in [-0.15, -0.1) is 0 Å². The molecule has 0 radical (unpaired) electrons. The molecule has 0 aromatic heterocycles. The van der Waals surface area contributed by atoms with Crippen molar-refractivity contribution >= 4 is 5.91 Å². The molecule has 4 rings (SSSR count). The molecule has 3 saturated heterocycles. The van der Waals surface area contributed by atoms with Crippen LogP contribution in [0.4, 0.5) is 4.39 Å². The van der Waals surface area contributed by atoms with Gasteiger partial charge in [0.2, 0.25) is 0 Å². The van der Waals surface area contributed by atoms with Crippen molar-refractivity contribution in [3.8, 4) is 5.75 Å². The first kappa shape index (κ1) is 13.4. The molecule has 2 bridgehead atoms. The second-order valence-corrected chi connectivity index (χ2v) is 5.54. The molecule has 3 aliphatic rings. The second-order valence-electron chi connectivity index (χ2n) is 5.54. The van der Waals surface area contributed by atoms with Crippen LogP contribution in [0.5, 0.6) is 5.75 Å². The summed E-state index contributed by atoms with van der Waals surface area (Å²) in [4.78, 5) is 14.7. The fourth-order valence-electron chi connectivity index (χ4n) is 3.27. The number of ether oxygens (including phenoxy) is 1. The van der Waals surface area contributed by atoms with E-state index in [0.717, 1.165) is 32.5 Å². The molecule has 3 heterocycles. The maximum absolute atomic E-state index is 13.6. The van der Waals surface area contributed by atoms with Gasteiger partial charge in [0, 0.05) is 12.6 Å². The Balaban J connectivity index is 1.75. The molecule has 108 valence electrons. The number of benzene rings is 1. The van der Waals surface area contributed by atoms with Gasteiger partial charge in [0.15, 0.2) is 11.6 Å². The van der Waals surface area contributed by atoms with Gasteiger partial charge in [0.05, 0.1) is 12.7 Å². The molecule has 1 aromatic carbocycles. The van der Waals surface area contributed by atoms with Gasteiger partial charge in [-0.25, -0.2) is 4.39 Å². The molecule has 1 N–H and O–H groups in total. The number of methoxy groups -OCH3 is 1. The zero-order valence-electron chi connectivity index (χ0n) is 11.6. The Bertz CT molecular complexity index is 513. The maximum Gasteiger partial charge on any atom is 0.255 e. The van der Waals surface area contributed by atoms with Gasteiger partial charge in [-0.2, -0.15) is 0 Å². The van der Waals surface area contributed by atoms with E-state index in [0.29, 0.717) is 5.92 Å². The van der Waals surface area contributed by atoms with Crippen LogP contribution in [0.15, 0.2) is 18.2 Å². The van der Waals surface area contributed by atoms with Crippen molar-refractivity contribution in [2.24, 2.45) is 5.92 Å². The molecule has 0 saturated carbocycles. The highest BCUT2D eigenvalue weighted by molar-refractivity contribution is 5.97. The molecule has 5 heteroatoms. The van der Waals surface area contributed by atoms with Crippen LogP contribution >= 0.6 is 0 Å². The first-order valence-electron chi connectivity index (χ1n) is 7.04. The van der Waals surface area contributed by atoms with Crippen molar-refractivity contribution in [1.82, 2.24) is 10.2 Å². The summed E-state index contributed by atoms with van der Waals surface area (Å²) in [7, 11) is 1.38. The monoisotopic (exact) mass is 278 g/mol. The molecule has 4 nitrogen and oxygen atoms in total. The minimum Gasteiger partial charge on any atom is -0.493 e. The lowest BCUT2D eigenvalue weighted by atomic mass is 9.84. The fourth-order valence-corrected chi connectivity index (χ4v) is 3.27. The quantitative estimate of drug-likeness (QED) is 0.914. The number of fused-ring (bicyclic) bond motifs is 3. The Morgan fingerprint density at radius 2 is 2.15 bits per heavy atom. The number of rotatable bonds is 3. The van der Waals surface area contributed by atoms with Gasteiger partial charge in [-0.3, -0.25) is 4.79 Å². The van der Waals surface area contributed by atoms with Crippen molar-refractivity contribution < 1.29 is 13.9 Å². The number of carbonyl (C=O) groups excluding carboxylic acids is 1. The average molecular weight is 278 g/mol. The Morgan fingerprint density at radius 3 is 2.75 bits per heavy atom. The standard InChI is InChI=1S/C15H19FN2O2/c1-20-14-11(3-2-4-12(14)16)15(19)17-13-9-18-7-5-10(13)6-8-18/h2-4,10,13H,5-9H2,1H3,(H,17,19). The lowest BCUT2D eigenvalue weighted by molar-refractivity contribution is 0.0618. The average Bonchev–Trinajstić information content (AvgIpc) is 2.48. The van der Waals surface area contributed by atoms with Gasteiger partial charge in [-0.05, 0) is 44.0 Å². The number of hydrogen-bond acceptors (Lipinski definition) is 3. The third kappa shape index (κ3) is 2.38. The minimum absolute atomic E-state index is 0.0197. The number of piperidine rings is 3. The van der Waals surface area contributed by atoms with Gasteiger partial charge in [-0.1, -0.05) is 6.07 Å². The number of nitrogens with one attached hydrogen (secondary N) is 1. The van der Waals surface area contributed by atoms with Crippen molar-refractivity contribution in [3.63, 3.8) is 0 Å². The Labute approximate surface area is 117 Å². The summed E-state index contributed by atoms with van der Waals surface area (Å²) in [6.07, 6.45) is 2.26. The molecular formula is C15H19FN2O2. The third-order valence-corrected chi connectivity index (χ3v) is 4.39. The van der Waals surface area contributed by atoms with E-state index in [1.54, 1.807) is 6.07 Å². The van der Waals surface area contributed by atoms with Gasteiger partial charge in [0.25, 0.3) is 5.91 Å². The minimum atomic E-state index is -0.505. The Kier molecular flexibility index (Phi) is 3.61. The van der Waals surface area contributed by atoms with E-state index in [2.05, 4.69) is 10.2 Å². The highest BCUT2D eigenvalue weighted by atomic mass is 19.1. The molecule has 1 amide bonds. The van der Waals surface area contributed by atoms with Crippen LogP contribution in [0, 0.1) is 11.7 Å². The molecule has 1 unspecified atom stereocenters. The van der Waals surface area contributed by atoms with Crippen LogP contribution in [-0.4, -0.2) is 43.6 Å². The summed E-state index contributed by atoms with van der Waals surface area (Å²) in [5, 5.41) is 3.04. The number of nitrogens with zero attached hydrogens (tertiary/aromatic N) is 1. The molecule has 0 spiro atoms. The predicted molar refractivity (Wildman–Crippen MR) is 73.4 cm³/mol. The summed E-state index contributed by atoms with van der Waals surface area (Å²) in [5.41, 5.74) is 0.268. The third-order valence-electron chi connectivity index (χ3n) is 4.39. The summed E-state index contributed by atoms with van der Waals surface area (Å²) in [6.45, 7) is 3.15. The molecule has 3 aliphatic heterocycles. The predicted octanol–water partition coefficient (Wildman–Crippen LogP) is 1.66. The summed E-state index contributed by atoms with van der Waals surface area (Å²) >= 11 is 0. The molecule has 1 aromatic rings. The number of hydrogen-bond donors (Lipinski definition) is 1. The second kappa shape index (κ2) is 5.40. The van der Waals surface area contributed by atoms with Crippen LogP contribution in [0.25, 0.3) is 0 Å². The number of carbonyl (C=O) groups is 1. The largest absolute Gasteiger partial charge is 0.493 e. The molecule has 20 heavy (non-hydrogen) atoms. The summed E-state index contributed by atoms with van der Waals surface area (Å²) in [5.74, 6) is -0.191. The van der Waals surface area contributed by atoms with Crippen molar-refractivity contribution in [2.75, 3.05) is 26.7 Å². The summed E-state index contributed by atoms with van der Waals surface area (Å²) in [6, 6.07) is 4.59. The molecule has 1 atom stereocenters. The Morgan fingerprint density at radius 1 is 1.40 bits per heavy atom. The zero-order valence-corrected chi connectivity index (χ0v) is 11.6. The normalized spacial score (nSPS) is 28.2. The number of amides is 1. The van der Waals surface area contributed by atoms with E-state index >= 15 is 0 Å². The Hall–Kier alpha value is -1.62. The fraction of sp³-hybridized carbons (Fsp3) is 0.533. The van der Waals surface area contributed by atoms with E-state index in [9.17, 15) is 9.18 Å². The van der Waals surface area contributed by atoms with E-state index in [1.165, 1.54) is 19.2 Å². The van der Waals surface area contributed by atoms with Crippen LogP contribution in [0.1, 0.15) is 23.2 Å². The van der Waals surface area contributed by atoms with Crippen LogP contribution < -0.4 is 10.1 Å². The highest BCUT2D eigenvalue weighted by Gasteiger charge is 2.35. The van der Waals surface area contributed by atoms with E-state index in [-0.39, 0.29) is 23.3 Å². The topological polar surface area (TPSA) is 41.6 Å². The van der Waals surface area contributed by atoms with Crippen molar-refractivity contribution in [2.45, 2.75) is 18.9 Å². The first-order valence-corrected chi connectivity index (χ1v) is 7.04. The van der Waals surface area contributed by atoms with Crippen LogP contribution in [-0.2, 0) is 0 Å². The van der Waals surface area contributed by atoms with Crippen LogP contribution in [0.3, 0.4) is 0 Å². The van der Waals surface area contributed by atoms with E-state index in [1.807, 2.05) is 0 Å². The smallest absolute Gasteiger partial charge is 0.255 e. The van der Waals surface area contributed by atoms with Gasteiger partial charge in [0.1, 0.15) is 0 Å². The number of para-hydroxylation sites is 1. The highest BCUT2D eigenvalue weighted by Crippen LogP contribution is 2.28. The van der Waals surface area contributed by atoms with E-state index in [4.69, 9.17) is 4.74 Å². The first-order chi connectivity index (χ1) is 9.69. The summed E-state index contributed by atoms with van der Waals surface area (Å²) < 4.78 is 18.6. The molecular weight excluding hydrogens is 259 g/mol. The van der Waals surface area contributed by atoms with E-state index < -0.39 is 5.82 Å².